The van der Waals surface area contributed by atoms with Crippen molar-refractivity contribution in [1.29, 1.82) is 0 Å². The summed E-state index contributed by atoms with van der Waals surface area (Å²) in [6.45, 7) is 7.37. The van der Waals surface area contributed by atoms with E-state index in [9.17, 15) is 4.79 Å². The highest BCUT2D eigenvalue weighted by Gasteiger charge is 2.29. The van der Waals surface area contributed by atoms with E-state index >= 15 is 0 Å². The van der Waals surface area contributed by atoms with Gasteiger partial charge < -0.3 is 10.2 Å². The lowest BCUT2D eigenvalue weighted by Gasteiger charge is -2.37. The summed E-state index contributed by atoms with van der Waals surface area (Å²) >= 11 is 0. The monoisotopic (exact) mass is 315 g/mol. The standard InChI is InChI=1S/C19H29N3O/c1-16(19(23)20-18-9-10-18)22-14-12-21(13-15-22)11-5-8-17-6-3-2-4-7-17/h2-4,6-7,16,18H,5,8-15H2,1H3,(H,20,23). The summed E-state index contributed by atoms with van der Waals surface area (Å²) in [6.07, 6.45) is 4.68. The van der Waals surface area contributed by atoms with Crippen molar-refractivity contribution in [2.24, 2.45) is 0 Å². The number of carbonyl (C=O) groups excluding carboxylic acids is 1. The molecular weight excluding hydrogens is 286 g/mol. The van der Waals surface area contributed by atoms with Gasteiger partial charge in [0.05, 0.1) is 6.04 Å². The zero-order valence-corrected chi connectivity index (χ0v) is 14.2. The molecule has 1 unspecified atom stereocenters. The van der Waals surface area contributed by atoms with Crippen molar-refractivity contribution in [3.63, 3.8) is 0 Å². The molecule has 1 aliphatic carbocycles. The molecule has 1 saturated carbocycles. The zero-order chi connectivity index (χ0) is 16.1. The second-order valence-electron chi connectivity index (χ2n) is 6.93. The molecular formula is C19H29N3O. The molecule has 3 rings (SSSR count). The third-order valence-electron chi connectivity index (χ3n) is 5.04. The number of amides is 1. The summed E-state index contributed by atoms with van der Waals surface area (Å²) < 4.78 is 0. The summed E-state index contributed by atoms with van der Waals surface area (Å²) in [5.74, 6) is 0.213. The van der Waals surface area contributed by atoms with Crippen LogP contribution in [-0.2, 0) is 11.2 Å². The van der Waals surface area contributed by atoms with Gasteiger partial charge in [-0.2, -0.15) is 0 Å². The van der Waals surface area contributed by atoms with E-state index < -0.39 is 0 Å². The minimum Gasteiger partial charge on any atom is -0.352 e. The van der Waals surface area contributed by atoms with Crippen LogP contribution in [0.25, 0.3) is 0 Å². The number of nitrogens with one attached hydrogen (secondary N) is 1. The molecule has 2 aliphatic rings. The Bertz CT molecular complexity index is 493. The molecule has 0 aromatic heterocycles. The van der Waals surface area contributed by atoms with Crippen molar-refractivity contribution in [3.8, 4) is 0 Å². The molecule has 4 nitrogen and oxygen atoms in total. The highest BCUT2D eigenvalue weighted by molar-refractivity contribution is 5.81. The Balaban J connectivity index is 1.34. The van der Waals surface area contributed by atoms with Crippen LogP contribution in [0.3, 0.4) is 0 Å². The van der Waals surface area contributed by atoms with Gasteiger partial charge in [-0.25, -0.2) is 0 Å². The maximum atomic E-state index is 12.1. The number of carbonyl (C=O) groups is 1. The van der Waals surface area contributed by atoms with Crippen LogP contribution in [0.5, 0.6) is 0 Å². The topological polar surface area (TPSA) is 35.6 Å². The van der Waals surface area contributed by atoms with Gasteiger partial charge in [0.15, 0.2) is 0 Å². The second kappa shape index (κ2) is 7.93. The summed E-state index contributed by atoms with van der Waals surface area (Å²) in [5.41, 5.74) is 1.43. The fourth-order valence-electron chi connectivity index (χ4n) is 3.24. The van der Waals surface area contributed by atoms with Crippen molar-refractivity contribution in [3.05, 3.63) is 35.9 Å². The van der Waals surface area contributed by atoms with Crippen LogP contribution < -0.4 is 5.32 Å². The van der Waals surface area contributed by atoms with Gasteiger partial charge in [-0.3, -0.25) is 9.69 Å². The Labute approximate surface area is 139 Å². The lowest BCUT2D eigenvalue weighted by Crippen LogP contribution is -2.54. The SMILES string of the molecule is CC(C(=O)NC1CC1)N1CCN(CCCc2ccccc2)CC1. The van der Waals surface area contributed by atoms with Crippen LogP contribution in [-0.4, -0.2) is 60.5 Å². The lowest BCUT2D eigenvalue weighted by atomic mass is 10.1. The molecule has 1 atom stereocenters. The van der Waals surface area contributed by atoms with Gasteiger partial charge in [0.25, 0.3) is 0 Å². The highest BCUT2D eigenvalue weighted by Crippen LogP contribution is 2.19. The second-order valence-corrected chi connectivity index (χ2v) is 6.93. The van der Waals surface area contributed by atoms with E-state index in [4.69, 9.17) is 0 Å². The van der Waals surface area contributed by atoms with Gasteiger partial charge in [0.1, 0.15) is 0 Å². The number of benzene rings is 1. The first kappa shape index (κ1) is 16.5. The minimum absolute atomic E-state index is 0.0158. The molecule has 0 radical (unpaired) electrons. The van der Waals surface area contributed by atoms with Gasteiger partial charge in [0, 0.05) is 32.2 Å². The summed E-state index contributed by atoms with van der Waals surface area (Å²) in [5, 5.41) is 3.12. The summed E-state index contributed by atoms with van der Waals surface area (Å²) in [6, 6.07) is 11.2. The van der Waals surface area contributed by atoms with Crippen molar-refractivity contribution in [1.82, 2.24) is 15.1 Å². The van der Waals surface area contributed by atoms with E-state index in [1.165, 1.54) is 12.0 Å². The predicted molar refractivity (Wildman–Crippen MR) is 93.4 cm³/mol. The normalized spacial score (nSPS) is 21.1. The number of nitrogens with zero attached hydrogens (tertiary/aromatic N) is 2. The molecule has 1 aromatic carbocycles. The van der Waals surface area contributed by atoms with Gasteiger partial charge in [0.2, 0.25) is 5.91 Å². The van der Waals surface area contributed by atoms with E-state index in [0.29, 0.717) is 6.04 Å². The van der Waals surface area contributed by atoms with Gasteiger partial charge in [-0.15, -0.1) is 0 Å². The number of piperazine rings is 1. The number of hydrogen-bond acceptors (Lipinski definition) is 3. The Morgan fingerprint density at radius 1 is 1.17 bits per heavy atom. The van der Waals surface area contributed by atoms with Crippen LogP contribution in [0.2, 0.25) is 0 Å². The first-order valence-corrected chi connectivity index (χ1v) is 9.03. The minimum atomic E-state index is 0.0158. The molecule has 4 heteroatoms. The third-order valence-corrected chi connectivity index (χ3v) is 5.04. The molecule has 126 valence electrons. The van der Waals surface area contributed by atoms with Crippen LogP contribution >= 0.6 is 0 Å². The van der Waals surface area contributed by atoms with Gasteiger partial charge in [-0.1, -0.05) is 30.3 Å². The molecule has 2 fully saturated rings. The lowest BCUT2D eigenvalue weighted by molar-refractivity contribution is -0.126. The van der Waals surface area contributed by atoms with Crippen molar-refractivity contribution in [2.75, 3.05) is 32.7 Å². The van der Waals surface area contributed by atoms with Crippen molar-refractivity contribution >= 4 is 5.91 Å². The van der Waals surface area contributed by atoms with Crippen LogP contribution in [0.4, 0.5) is 0 Å². The number of rotatable bonds is 7. The molecule has 1 N–H and O–H groups in total. The first-order valence-electron chi connectivity index (χ1n) is 9.03. The van der Waals surface area contributed by atoms with Crippen molar-refractivity contribution < 1.29 is 4.79 Å². The Hall–Kier alpha value is -1.39. The fraction of sp³-hybridized carbons (Fsp3) is 0.632. The number of hydrogen-bond donors (Lipinski definition) is 1. The predicted octanol–water partition coefficient (Wildman–Crippen LogP) is 1.90. The van der Waals surface area contributed by atoms with E-state index in [2.05, 4.69) is 45.4 Å². The maximum absolute atomic E-state index is 12.1. The highest BCUT2D eigenvalue weighted by atomic mass is 16.2. The van der Waals surface area contributed by atoms with Crippen LogP contribution in [0, 0.1) is 0 Å². The average Bonchev–Trinajstić information content (AvgIpc) is 3.40. The Morgan fingerprint density at radius 3 is 2.52 bits per heavy atom. The third kappa shape index (κ3) is 5.05. The largest absolute Gasteiger partial charge is 0.352 e. The van der Waals surface area contributed by atoms with E-state index in [1.54, 1.807) is 0 Å². The Kier molecular flexibility index (Phi) is 5.68. The molecule has 1 saturated heterocycles. The van der Waals surface area contributed by atoms with Gasteiger partial charge >= 0.3 is 0 Å². The van der Waals surface area contributed by atoms with Crippen LogP contribution in [0.1, 0.15) is 31.7 Å². The molecule has 1 amide bonds. The quantitative estimate of drug-likeness (QED) is 0.835. The Morgan fingerprint density at radius 2 is 1.87 bits per heavy atom. The van der Waals surface area contributed by atoms with E-state index in [-0.39, 0.29) is 11.9 Å². The zero-order valence-electron chi connectivity index (χ0n) is 14.2. The summed E-state index contributed by atoms with van der Waals surface area (Å²) in [7, 11) is 0. The van der Waals surface area contributed by atoms with E-state index in [0.717, 1.165) is 52.0 Å². The molecule has 1 aromatic rings. The molecule has 0 bridgehead atoms. The first-order chi connectivity index (χ1) is 11.2. The van der Waals surface area contributed by atoms with Gasteiger partial charge in [-0.05, 0) is 44.7 Å². The molecule has 0 spiro atoms. The van der Waals surface area contributed by atoms with Crippen LogP contribution in [0.15, 0.2) is 30.3 Å². The fourth-order valence-corrected chi connectivity index (χ4v) is 3.24. The number of aryl methyl sites for hydroxylation is 1. The smallest absolute Gasteiger partial charge is 0.237 e. The molecule has 1 heterocycles. The maximum Gasteiger partial charge on any atom is 0.237 e. The summed E-state index contributed by atoms with van der Waals surface area (Å²) in [4.78, 5) is 17.0. The van der Waals surface area contributed by atoms with Crippen molar-refractivity contribution in [2.45, 2.75) is 44.7 Å². The molecule has 1 aliphatic heterocycles. The molecule has 23 heavy (non-hydrogen) atoms. The average molecular weight is 315 g/mol. The van der Waals surface area contributed by atoms with E-state index in [1.807, 2.05) is 6.92 Å².